The van der Waals surface area contributed by atoms with Crippen LogP contribution in [-0.2, 0) is 16.2 Å². The van der Waals surface area contributed by atoms with Gasteiger partial charge in [0, 0.05) is 18.7 Å². The third-order valence-electron chi connectivity index (χ3n) is 4.37. The van der Waals surface area contributed by atoms with E-state index < -0.39 is 5.92 Å². The third-order valence-corrected chi connectivity index (χ3v) is 5.18. The first-order chi connectivity index (χ1) is 13.7. The predicted molar refractivity (Wildman–Crippen MR) is 106 cm³/mol. The standard InChI is InChI=1S/C20H18N4O3S/c25-18-11-14(12-24(18)15-7-3-1-4-8-15)19(26)21-20-23-22-17(28-20)13-27-16-9-5-2-6-10-16/h1-10,14H,11-13H2,(H,21,23,26)/t14-/m1/s1. The summed E-state index contributed by atoms with van der Waals surface area (Å²) >= 11 is 1.26. The molecule has 142 valence electrons. The summed E-state index contributed by atoms with van der Waals surface area (Å²) in [5.74, 6) is 0.0494. The zero-order valence-corrected chi connectivity index (χ0v) is 15.8. The van der Waals surface area contributed by atoms with Crippen molar-refractivity contribution in [2.75, 3.05) is 16.8 Å². The Morgan fingerprint density at radius 2 is 1.82 bits per heavy atom. The Hall–Kier alpha value is -3.26. The van der Waals surface area contributed by atoms with Crippen LogP contribution in [0.4, 0.5) is 10.8 Å². The van der Waals surface area contributed by atoms with Gasteiger partial charge >= 0.3 is 0 Å². The molecule has 1 saturated heterocycles. The molecule has 0 saturated carbocycles. The Bertz CT molecular complexity index is 962. The maximum Gasteiger partial charge on any atom is 0.231 e. The number of para-hydroxylation sites is 2. The molecule has 1 aliphatic heterocycles. The summed E-state index contributed by atoms with van der Waals surface area (Å²) < 4.78 is 5.63. The summed E-state index contributed by atoms with van der Waals surface area (Å²) in [7, 11) is 0. The molecule has 4 rings (SSSR count). The zero-order valence-electron chi connectivity index (χ0n) is 14.9. The Labute approximate surface area is 166 Å². The molecule has 0 radical (unpaired) electrons. The molecule has 3 aromatic rings. The first kappa shape index (κ1) is 18.1. The smallest absolute Gasteiger partial charge is 0.231 e. The van der Waals surface area contributed by atoms with Crippen LogP contribution in [0.2, 0.25) is 0 Å². The second kappa shape index (κ2) is 8.18. The fraction of sp³-hybridized carbons (Fsp3) is 0.200. The van der Waals surface area contributed by atoms with Gasteiger partial charge in [-0.25, -0.2) is 0 Å². The molecule has 1 atom stereocenters. The lowest BCUT2D eigenvalue weighted by atomic mass is 10.1. The van der Waals surface area contributed by atoms with Crippen LogP contribution >= 0.6 is 11.3 Å². The van der Waals surface area contributed by atoms with E-state index in [0.717, 1.165) is 11.4 Å². The lowest BCUT2D eigenvalue weighted by Crippen LogP contribution is -2.28. The van der Waals surface area contributed by atoms with E-state index in [-0.39, 0.29) is 24.8 Å². The Morgan fingerprint density at radius 3 is 2.57 bits per heavy atom. The summed E-state index contributed by atoms with van der Waals surface area (Å²) in [5.41, 5.74) is 0.805. The Balaban J connectivity index is 1.33. The lowest BCUT2D eigenvalue weighted by molar-refractivity contribution is -0.122. The average Bonchev–Trinajstić information content (AvgIpc) is 3.34. The van der Waals surface area contributed by atoms with Gasteiger partial charge in [-0.05, 0) is 24.3 Å². The monoisotopic (exact) mass is 394 g/mol. The highest BCUT2D eigenvalue weighted by atomic mass is 32.1. The van der Waals surface area contributed by atoms with Gasteiger partial charge in [0.25, 0.3) is 0 Å². The van der Waals surface area contributed by atoms with Crippen molar-refractivity contribution in [2.45, 2.75) is 13.0 Å². The molecule has 7 nitrogen and oxygen atoms in total. The number of ether oxygens (including phenoxy) is 1. The van der Waals surface area contributed by atoms with Crippen molar-refractivity contribution >= 4 is 34.0 Å². The van der Waals surface area contributed by atoms with Crippen LogP contribution in [0, 0.1) is 5.92 Å². The van der Waals surface area contributed by atoms with Crippen molar-refractivity contribution in [3.8, 4) is 5.75 Å². The van der Waals surface area contributed by atoms with Gasteiger partial charge in [-0.3, -0.25) is 9.59 Å². The summed E-state index contributed by atoms with van der Waals surface area (Å²) in [6.45, 7) is 0.638. The van der Waals surface area contributed by atoms with E-state index in [2.05, 4.69) is 15.5 Å². The highest BCUT2D eigenvalue weighted by Crippen LogP contribution is 2.26. The second-order valence-electron chi connectivity index (χ2n) is 6.33. The molecule has 2 heterocycles. The maximum atomic E-state index is 12.5. The number of hydrogen-bond donors (Lipinski definition) is 1. The van der Waals surface area contributed by atoms with Crippen molar-refractivity contribution in [3.05, 3.63) is 65.7 Å². The molecule has 0 bridgehead atoms. The van der Waals surface area contributed by atoms with Crippen LogP contribution in [0.5, 0.6) is 5.75 Å². The van der Waals surface area contributed by atoms with Gasteiger partial charge in [-0.2, -0.15) is 0 Å². The van der Waals surface area contributed by atoms with Gasteiger partial charge in [-0.15, -0.1) is 10.2 Å². The molecule has 0 aliphatic carbocycles. The molecule has 28 heavy (non-hydrogen) atoms. The molecular formula is C20H18N4O3S. The van der Waals surface area contributed by atoms with Crippen molar-refractivity contribution in [1.29, 1.82) is 0 Å². The highest BCUT2D eigenvalue weighted by Gasteiger charge is 2.35. The fourth-order valence-electron chi connectivity index (χ4n) is 2.97. The lowest BCUT2D eigenvalue weighted by Gasteiger charge is -2.16. The number of carbonyl (C=O) groups is 2. The number of hydrogen-bond acceptors (Lipinski definition) is 6. The first-order valence-electron chi connectivity index (χ1n) is 8.85. The van der Waals surface area contributed by atoms with E-state index in [1.807, 2.05) is 60.7 Å². The molecule has 2 amide bonds. The number of nitrogens with zero attached hydrogens (tertiary/aromatic N) is 3. The van der Waals surface area contributed by atoms with Crippen LogP contribution in [0.15, 0.2) is 60.7 Å². The molecule has 0 spiro atoms. The van der Waals surface area contributed by atoms with Crippen molar-refractivity contribution in [2.24, 2.45) is 5.92 Å². The minimum atomic E-state index is -0.416. The van der Waals surface area contributed by atoms with E-state index in [1.165, 1.54) is 11.3 Å². The quantitative estimate of drug-likeness (QED) is 0.694. The number of aromatic nitrogens is 2. The fourth-order valence-corrected chi connectivity index (χ4v) is 3.63. The minimum Gasteiger partial charge on any atom is -0.486 e. The molecule has 1 fully saturated rings. The topological polar surface area (TPSA) is 84.4 Å². The van der Waals surface area contributed by atoms with E-state index in [1.54, 1.807) is 4.90 Å². The highest BCUT2D eigenvalue weighted by molar-refractivity contribution is 7.15. The summed E-state index contributed by atoms with van der Waals surface area (Å²) in [6.07, 6.45) is 0.184. The average molecular weight is 394 g/mol. The summed E-state index contributed by atoms with van der Waals surface area (Å²) in [6, 6.07) is 18.8. The van der Waals surface area contributed by atoms with Crippen molar-refractivity contribution < 1.29 is 14.3 Å². The number of rotatable bonds is 6. The molecular weight excluding hydrogens is 376 g/mol. The molecule has 1 aromatic heterocycles. The van der Waals surface area contributed by atoms with Gasteiger partial charge in [-0.1, -0.05) is 47.7 Å². The van der Waals surface area contributed by atoms with E-state index >= 15 is 0 Å². The molecule has 2 aromatic carbocycles. The summed E-state index contributed by atoms with van der Waals surface area (Å²) in [4.78, 5) is 26.5. The Morgan fingerprint density at radius 1 is 1.11 bits per heavy atom. The van der Waals surface area contributed by atoms with E-state index in [0.29, 0.717) is 16.7 Å². The number of benzene rings is 2. The normalized spacial score (nSPS) is 16.2. The molecule has 0 unspecified atom stereocenters. The van der Waals surface area contributed by atoms with Gasteiger partial charge < -0.3 is 15.0 Å². The zero-order chi connectivity index (χ0) is 19.3. The first-order valence-corrected chi connectivity index (χ1v) is 9.67. The van der Waals surface area contributed by atoms with Crippen LogP contribution in [0.25, 0.3) is 0 Å². The number of nitrogens with one attached hydrogen (secondary N) is 1. The van der Waals surface area contributed by atoms with E-state index in [9.17, 15) is 9.59 Å². The van der Waals surface area contributed by atoms with Crippen molar-refractivity contribution in [3.63, 3.8) is 0 Å². The molecule has 1 N–H and O–H groups in total. The number of anilines is 2. The number of amides is 2. The van der Waals surface area contributed by atoms with Crippen LogP contribution in [0.3, 0.4) is 0 Å². The second-order valence-corrected chi connectivity index (χ2v) is 7.39. The molecule has 8 heteroatoms. The minimum absolute atomic E-state index is 0.0550. The molecule has 1 aliphatic rings. The maximum absolute atomic E-state index is 12.5. The van der Waals surface area contributed by atoms with Gasteiger partial charge in [0.05, 0.1) is 5.92 Å². The van der Waals surface area contributed by atoms with Gasteiger partial charge in [0.1, 0.15) is 12.4 Å². The largest absolute Gasteiger partial charge is 0.486 e. The van der Waals surface area contributed by atoms with Crippen LogP contribution in [0.1, 0.15) is 11.4 Å². The number of carbonyl (C=O) groups excluding carboxylic acids is 2. The van der Waals surface area contributed by atoms with Crippen molar-refractivity contribution in [1.82, 2.24) is 10.2 Å². The van der Waals surface area contributed by atoms with Crippen LogP contribution < -0.4 is 15.0 Å². The van der Waals surface area contributed by atoms with Gasteiger partial charge in [0.2, 0.25) is 16.9 Å². The summed E-state index contributed by atoms with van der Waals surface area (Å²) in [5, 5.41) is 11.9. The SMILES string of the molecule is O=C(Nc1nnc(COc2ccccc2)s1)[C@@H]1CC(=O)N(c2ccccc2)C1. The third kappa shape index (κ3) is 4.17. The van der Waals surface area contributed by atoms with E-state index in [4.69, 9.17) is 4.74 Å². The van der Waals surface area contributed by atoms with Gasteiger partial charge in [0.15, 0.2) is 5.01 Å². The van der Waals surface area contributed by atoms with Crippen LogP contribution in [-0.4, -0.2) is 28.6 Å². The Kier molecular flexibility index (Phi) is 5.29. The predicted octanol–water partition coefficient (Wildman–Crippen LogP) is 3.11.